The van der Waals surface area contributed by atoms with E-state index in [0.29, 0.717) is 17.0 Å². The number of benzene rings is 3. The molecule has 0 spiro atoms. The Balaban J connectivity index is 1.81. The van der Waals surface area contributed by atoms with Crippen LogP contribution in [-0.4, -0.2) is 24.2 Å². The van der Waals surface area contributed by atoms with E-state index < -0.39 is 12.1 Å². The van der Waals surface area contributed by atoms with Crippen LogP contribution in [0.2, 0.25) is 0 Å². The van der Waals surface area contributed by atoms with Crippen LogP contribution in [0.25, 0.3) is 0 Å². The summed E-state index contributed by atoms with van der Waals surface area (Å²) in [5.74, 6) is -0.0283. The van der Waals surface area contributed by atoms with Crippen molar-refractivity contribution in [3.63, 3.8) is 0 Å². The first-order valence-corrected chi connectivity index (χ1v) is 9.75. The number of ether oxygens (including phenoxy) is 1. The first-order valence-electron chi connectivity index (χ1n) is 9.75. The van der Waals surface area contributed by atoms with Crippen LogP contribution in [0.3, 0.4) is 0 Å². The van der Waals surface area contributed by atoms with Crippen LogP contribution in [0.4, 0.5) is 16.2 Å². The summed E-state index contributed by atoms with van der Waals surface area (Å²) in [6, 6.07) is 17.4. The fourth-order valence-corrected chi connectivity index (χ4v) is 3.06. The molecular weight excluding hydrogens is 394 g/mol. The van der Waals surface area contributed by atoms with E-state index >= 15 is 0 Å². The molecule has 3 amide bonds. The number of urea groups is 1. The number of phenolic OH excluding ortho intramolecular Hbond substituents is 1. The molecule has 0 heterocycles. The van der Waals surface area contributed by atoms with Crippen molar-refractivity contribution in [1.82, 2.24) is 5.32 Å². The van der Waals surface area contributed by atoms with Gasteiger partial charge in [0, 0.05) is 11.8 Å². The Kier molecular flexibility index (Phi) is 6.77. The van der Waals surface area contributed by atoms with Gasteiger partial charge in [0.1, 0.15) is 17.5 Å². The summed E-state index contributed by atoms with van der Waals surface area (Å²) >= 11 is 0. The monoisotopic (exact) mass is 419 g/mol. The molecule has 0 aliphatic carbocycles. The molecule has 160 valence electrons. The van der Waals surface area contributed by atoms with Crippen molar-refractivity contribution < 1.29 is 19.4 Å². The van der Waals surface area contributed by atoms with Crippen LogP contribution in [0, 0.1) is 13.8 Å². The minimum absolute atomic E-state index is 0.0248. The molecule has 31 heavy (non-hydrogen) atoms. The summed E-state index contributed by atoms with van der Waals surface area (Å²) in [6.07, 6.45) is 0. The highest BCUT2D eigenvalue weighted by Crippen LogP contribution is 2.28. The summed E-state index contributed by atoms with van der Waals surface area (Å²) in [6.45, 7) is 3.96. The molecule has 0 unspecified atom stereocenters. The second-order valence-corrected chi connectivity index (χ2v) is 7.12. The van der Waals surface area contributed by atoms with Gasteiger partial charge in [0.2, 0.25) is 0 Å². The van der Waals surface area contributed by atoms with Gasteiger partial charge in [0.05, 0.1) is 12.8 Å². The molecule has 0 bridgehead atoms. The quantitative estimate of drug-likeness (QED) is 0.472. The number of rotatable bonds is 6. The Morgan fingerprint density at radius 1 is 0.903 bits per heavy atom. The lowest BCUT2D eigenvalue weighted by molar-refractivity contribution is -0.118. The van der Waals surface area contributed by atoms with Gasteiger partial charge in [-0.2, -0.15) is 0 Å². The SMILES string of the molecule is COc1ccc(O)cc1NC(=O)N[C@@H](C(=O)Nc1ccc(C)c(C)c1)c1ccccc1. The first-order chi connectivity index (χ1) is 14.9. The smallest absolute Gasteiger partial charge is 0.320 e. The Labute approximate surface area is 181 Å². The van der Waals surface area contributed by atoms with E-state index in [0.717, 1.165) is 11.1 Å². The summed E-state index contributed by atoms with van der Waals surface area (Å²) < 4.78 is 5.21. The van der Waals surface area contributed by atoms with Crippen molar-refractivity contribution in [2.45, 2.75) is 19.9 Å². The molecule has 0 fully saturated rings. The molecule has 0 aliphatic rings. The standard InChI is InChI=1S/C24H25N3O4/c1-15-9-10-18(13-16(15)2)25-23(29)22(17-7-5-4-6-8-17)27-24(30)26-20-14-19(28)11-12-21(20)31-3/h4-14,22,28H,1-3H3,(H,25,29)(H2,26,27,30)/t22-/m1/s1. The van der Waals surface area contributed by atoms with Crippen molar-refractivity contribution in [3.05, 3.63) is 83.4 Å². The fraction of sp³-hybridized carbons (Fsp3) is 0.167. The van der Waals surface area contributed by atoms with Crippen molar-refractivity contribution >= 4 is 23.3 Å². The lowest BCUT2D eigenvalue weighted by Crippen LogP contribution is -2.39. The zero-order chi connectivity index (χ0) is 22.4. The normalized spacial score (nSPS) is 11.3. The number of nitrogens with one attached hydrogen (secondary N) is 3. The number of anilines is 2. The predicted molar refractivity (Wildman–Crippen MR) is 121 cm³/mol. The lowest BCUT2D eigenvalue weighted by atomic mass is 10.1. The molecular formula is C24H25N3O4. The number of hydrogen-bond acceptors (Lipinski definition) is 4. The second-order valence-electron chi connectivity index (χ2n) is 7.12. The molecule has 4 N–H and O–H groups in total. The molecule has 0 aromatic heterocycles. The Hall–Kier alpha value is -4.00. The summed E-state index contributed by atoms with van der Waals surface area (Å²) in [4.78, 5) is 25.7. The van der Waals surface area contributed by atoms with E-state index in [4.69, 9.17) is 4.74 Å². The molecule has 7 heteroatoms. The maximum Gasteiger partial charge on any atom is 0.320 e. The van der Waals surface area contributed by atoms with Crippen LogP contribution in [0.15, 0.2) is 66.7 Å². The zero-order valence-electron chi connectivity index (χ0n) is 17.6. The van der Waals surface area contributed by atoms with Crippen LogP contribution in [0.1, 0.15) is 22.7 Å². The van der Waals surface area contributed by atoms with Crippen molar-refractivity contribution in [1.29, 1.82) is 0 Å². The lowest BCUT2D eigenvalue weighted by Gasteiger charge is -2.20. The largest absolute Gasteiger partial charge is 0.508 e. The zero-order valence-corrected chi connectivity index (χ0v) is 17.6. The molecule has 7 nitrogen and oxygen atoms in total. The van der Waals surface area contributed by atoms with E-state index in [1.807, 2.05) is 38.1 Å². The van der Waals surface area contributed by atoms with Crippen LogP contribution < -0.4 is 20.7 Å². The topological polar surface area (TPSA) is 99.7 Å². The van der Waals surface area contributed by atoms with Gasteiger partial charge in [0.25, 0.3) is 5.91 Å². The predicted octanol–water partition coefficient (Wildman–Crippen LogP) is 4.52. The number of carbonyl (C=O) groups is 2. The molecule has 0 saturated carbocycles. The van der Waals surface area contributed by atoms with Crippen molar-refractivity contribution in [2.24, 2.45) is 0 Å². The Bertz CT molecular complexity index is 1080. The average molecular weight is 419 g/mol. The number of aromatic hydroxyl groups is 1. The summed E-state index contributed by atoms with van der Waals surface area (Å²) in [7, 11) is 1.46. The average Bonchev–Trinajstić information content (AvgIpc) is 2.75. The number of hydrogen-bond donors (Lipinski definition) is 4. The second kappa shape index (κ2) is 9.67. The highest BCUT2D eigenvalue weighted by molar-refractivity contribution is 6.00. The number of aryl methyl sites for hydroxylation is 2. The Morgan fingerprint density at radius 2 is 1.65 bits per heavy atom. The van der Waals surface area contributed by atoms with Gasteiger partial charge in [-0.05, 0) is 54.8 Å². The van der Waals surface area contributed by atoms with Gasteiger partial charge in [-0.3, -0.25) is 4.79 Å². The molecule has 3 rings (SSSR count). The van der Waals surface area contributed by atoms with Crippen molar-refractivity contribution in [2.75, 3.05) is 17.7 Å². The van der Waals surface area contributed by atoms with E-state index in [2.05, 4.69) is 16.0 Å². The van der Waals surface area contributed by atoms with E-state index in [9.17, 15) is 14.7 Å². The Morgan fingerprint density at radius 3 is 2.32 bits per heavy atom. The summed E-state index contributed by atoms with van der Waals surface area (Å²) in [5.41, 5.74) is 3.72. The van der Waals surface area contributed by atoms with Gasteiger partial charge in [-0.25, -0.2) is 4.79 Å². The molecule has 1 atom stereocenters. The molecule has 3 aromatic rings. The van der Waals surface area contributed by atoms with Crippen LogP contribution in [0.5, 0.6) is 11.5 Å². The highest BCUT2D eigenvalue weighted by atomic mass is 16.5. The van der Waals surface area contributed by atoms with Gasteiger partial charge >= 0.3 is 6.03 Å². The molecule has 0 saturated heterocycles. The van der Waals surface area contributed by atoms with Gasteiger partial charge in [-0.15, -0.1) is 0 Å². The van der Waals surface area contributed by atoms with Crippen LogP contribution in [-0.2, 0) is 4.79 Å². The number of amides is 3. The number of carbonyl (C=O) groups excluding carboxylic acids is 2. The number of phenols is 1. The molecule has 3 aromatic carbocycles. The van der Waals surface area contributed by atoms with Crippen molar-refractivity contribution in [3.8, 4) is 11.5 Å². The molecule has 0 radical (unpaired) electrons. The minimum atomic E-state index is -0.939. The minimum Gasteiger partial charge on any atom is -0.508 e. The number of methoxy groups -OCH3 is 1. The van der Waals surface area contributed by atoms with Gasteiger partial charge in [0.15, 0.2) is 0 Å². The highest BCUT2D eigenvalue weighted by Gasteiger charge is 2.23. The fourth-order valence-electron chi connectivity index (χ4n) is 3.06. The summed E-state index contributed by atoms with van der Waals surface area (Å²) in [5, 5.41) is 17.9. The van der Waals surface area contributed by atoms with Gasteiger partial charge in [-0.1, -0.05) is 36.4 Å². The van der Waals surface area contributed by atoms with E-state index in [1.54, 1.807) is 24.3 Å². The maximum absolute atomic E-state index is 13.1. The third-order valence-electron chi connectivity index (χ3n) is 4.88. The van der Waals surface area contributed by atoms with E-state index in [-0.39, 0.29) is 17.3 Å². The third kappa shape index (κ3) is 5.54. The van der Waals surface area contributed by atoms with Crippen LogP contribution >= 0.6 is 0 Å². The first kappa shape index (κ1) is 21.7. The third-order valence-corrected chi connectivity index (χ3v) is 4.88. The van der Waals surface area contributed by atoms with Gasteiger partial charge < -0.3 is 25.8 Å². The maximum atomic E-state index is 13.1. The molecule has 0 aliphatic heterocycles. The van der Waals surface area contributed by atoms with E-state index in [1.165, 1.54) is 25.3 Å².